The minimum absolute atomic E-state index is 0.0618. The maximum Gasteiger partial charge on any atom is 0.261 e. The molecule has 4 aromatic rings. The van der Waals surface area contributed by atoms with Crippen LogP contribution in [0.2, 0.25) is 0 Å². The highest BCUT2D eigenvalue weighted by molar-refractivity contribution is 7.99. The van der Waals surface area contributed by atoms with Gasteiger partial charge in [0.05, 0.1) is 4.90 Å². The van der Waals surface area contributed by atoms with E-state index in [9.17, 15) is 13.2 Å². The van der Waals surface area contributed by atoms with Crippen LogP contribution in [0.1, 0.15) is 17.5 Å². The monoisotopic (exact) mass is 521 g/mol. The minimum Gasteiger partial charge on any atom is -0.355 e. The SMILES string of the molecule is Cc1ccc(NS(=O)(=O)c2ccc(CCC(=O)NCCSc3n[nH]c(-c4ccccc4)n3)cc2)cc1. The maximum absolute atomic E-state index is 12.6. The first-order chi connectivity index (χ1) is 17.4. The van der Waals surface area contributed by atoms with Crippen LogP contribution < -0.4 is 10.0 Å². The second kappa shape index (κ2) is 11.9. The van der Waals surface area contributed by atoms with Crippen LogP contribution in [0.4, 0.5) is 5.69 Å². The molecule has 0 saturated carbocycles. The Labute approximate surface area is 215 Å². The van der Waals surface area contributed by atoms with Crippen LogP contribution in [-0.4, -0.2) is 41.8 Å². The van der Waals surface area contributed by atoms with Crippen molar-refractivity contribution < 1.29 is 13.2 Å². The van der Waals surface area contributed by atoms with Crippen molar-refractivity contribution in [1.82, 2.24) is 20.5 Å². The van der Waals surface area contributed by atoms with E-state index in [0.717, 1.165) is 16.7 Å². The number of anilines is 1. The number of hydrogen-bond acceptors (Lipinski definition) is 6. The number of carbonyl (C=O) groups excluding carboxylic acids is 1. The topological polar surface area (TPSA) is 117 Å². The second-order valence-corrected chi connectivity index (χ2v) is 10.9. The second-order valence-electron chi connectivity index (χ2n) is 8.15. The Bertz CT molecular complexity index is 1390. The number of nitrogens with zero attached hydrogens (tertiary/aromatic N) is 2. The van der Waals surface area contributed by atoms with Crippen LogP contribution in [0.3, 0.4) is 0 Å². The molecule has 0 bridgehead atoms. The first-order valence-corrected chi connectivity index (χ1v) is 13.9. The van der Waals surface area contributed by atoms with Crippen LogP contribution in [0.25, 0.3) is 11.4 Å². The number of benzene rings is 3. The molecule has 0 spiro atoms. The Morgan fingerprint density at radius 3 is 2.42 bits per heavy atom. The average molecular weight is 522 g/mol. The summed E-state index contributed by atoms with van der Waals surface area (Å²) in [6.07, 6.45) is 0.837. The fraction of sp³-hybridized carbons (Fsp3) is 0.192. The van der Waals surface area contributed by atoms with Crippen LogP contribution in [0, 0.1) is 6.92 Å². The third-order valence-electron chi connectivity index (χ3n) is 5.35. The number of H-pyrrole nitrogens is 1. The van der Waals surface area contributed by atoms with Gasteiger partial charge >= 0.3 is 0 Å². The van der Waals surface area contributed by atoms with Gasteiger partial charge in [-0.05, 0) is 43.2 Å². The Hall–Kier alpha value is -3.63. The summed E-state index contributed by atoms with van der Waals surface area (Å²) >= 11 is 1.47. The van der Waals surface area contributed by atoms with Crippen molar-refractivity contribution in [3.05, 3.63) is 90.0 Å². The third kappa shape index (κ3) is 7.19. The summed E-state index contributed by atoms with van der Waals surface area (Å²) in [6.45, 7) is 2.44. The predicted octanol–water partition coefficient (Wildman–Crippen LogP) is 4.42. The van der Waals surface area contributed by atoms with Gasteiger partial charge in [-0.25, -0.2) is 13.4 Å². The molecule has 0 aliphatic heterocycles. The number of aromatic amines is 1. The van der Waals surface area contributed by atoms with E-state index in [-0.39, 0.29) is 10.8 Å². The van der Waals surface area contributed by atoms with Crippen molar-refractivity contribution in [3.8, 4) is 11.4 Å². The summed E-state index contributed by atoms with van der Waals surface area (Å²) in [5.41, 5.74) is 3.43. The molecule has 36 heavy (non-hydrogen) atoms. The lowest BCUT2D eigenvalue weighted by Crippen LogP contribution is -2.25. The molecule has 0 radical (unpaired) electrons. The molecule has 0 unspecified atom stereocenters. The Kier molecular flexibility index (Phi) is 8.40. The average Bonchev–Trinajstić information content (AvgIpc) is 3.36. The zero-order chi connectivity index (χ0) is 25.4. The molecule has 0 fully saturated rings. The molecule has 1 amide bonds. The molecule has 8 nitrogen and oxygen atoms in total. The van der Waals surface area contributed by atoms with E-state index in [1.165, 1.54) is 11.8 Å². The number of hydrogen-bond donors (Lipinski definition) is 3. The normalized spacial score (nSPS) is 11.2. The van der Waals surface area contributed by atoms with Gasteiger partial charge in [-0.2, -0.15) is 0 Å². The predicted molar refractivity (Wildman–Crippen MR) is 142 cm³/mol. The number of rotatable bonds is 11. The van der Waals surface area contributed by atoms with Gasteiger partial charge < -0.3 is 5.32 Å². The highest BCUT2D eigenvalue weighted by Crippen LogP contribution is 2.19. The fourth-order valence-electron chi connectivity index (χ4n) is 3.39. The van der Waals surface area contributed by atoms with Crippen molar-refractivity contribution in [2.75, 3.05) is 17.0 Å². The Morgan fingerprint density at radius 2 is 1.69 bits per heavy atom. The molecule has 0 aliphatic rings. The summed E-state index contributed by atoms with van der Waals surface area (Å²) in [6, 6.07) is 23.5. The van der Waals surface area contributed by atoms with Crippen molar-refractivity contribution in [3.63, 3.8) is 0 Å². The minimum atomic E-state index is -3.67. The van der Waals surface area contributed by atoms with Crippen molar-refractivity contribution >= 4 is 33.4 Å². The number of aryl methyl sites for hydroxylation is 2. The molecule has 0 atom stereocenters. The number of thioether (sulfide) groups is 1. The third-order valence-corrected chi connectivity index (χ3v) is 7.59. The Morgan fingerprint density at radius 1 is 0.972 bits per heavy atom. The quantitative estimate of drug-likeness (QED) is 0.199. The molecule has 3 aromatic carbocycles. The molecule has 1 aromatic heterocycles. The molecular formula is C26H27N5O3S2. The van der Waals surface area contributed by atoms with Crippen molar-refractivity contribution in [2.45, 2.75) is 29.8 Å². The van der Waals surface area contributed by atoms with Gasteiger partial charge in [-0.1, -0.05) is 71.9 Å². The summed E-state index contributed by atoms with van der Waals surface area (Å²) in [5.74, 6) is 1.30. The van der Waals surface area contributed by atoms with Crippen molar-refractivity contribution in [1.29, 1.82) is 0 Å². The van der Waals surface area contributed by atoms with Gasteiger partial charge in [-0.15, -0.1) is 5.10 Å². The summed E-state index contributed by atoms with van der Waals surface area (Å²) in [5, 5.41) is 10.7. The molecular weight excluding hydrogens is 494 g/mol. The van der Waals surface area contributed by atoms with Gasteiger partial charge in [0.15, 0.2) is 5.82 Å². The van der Waals surface area contributed by atoms with E-state index in [1.807, 2.05) is 49.4 Å². The van der Waals surface area contributed by atoms with E-state index in [1.54, 1.807) is 36.4 Å². The fourth-order valence-corrected chi connectivity index (χ4v) is 5.10. The molecule has 0 aliphatic carbocycles. The van der Waals surface area contributed by atoms with Gasteiger partial charge in [-0.3, -0.25) is 14.6 Å². The first kappa shape index (κ1) is 25.5. The van der Waals surface area contributed by atoms with Crippen molar-refractivity contribution in [2.24, 2.45) is 0 Å². The lowest BCUT2D eigenvalue weighted by atomic mass is 10.1. The molecule has 3 N–H and O–H groups in total. The van der Waals surface area contributed by atoms with Crippen LogP contribution in [-0.2, 0) is 21.2 Å². The number of carbonyl (C=O) groups is 1. The number of nitrogens with one attached hydrogen (secondary N) is 3. The molecule has 4 rings (SSSR count). The van der Waals surface area contributed by atoms with Gasteiger partial charge in [0.2, 0.25) is 11.1 Å². The summed E-state index contributed by atoms with van der Waals surface area (Å²) < 4.78 is 27.8. The number of aromatic nitrogens is 3. The van der Waals surface area contributed by atoms with Crippen LogP contribution in [0.15, 0.2) is 88.9 Å². The largest absolute Gasteiger partial charge is 0.355 e. The maximum atomic E-state index is 12.6. The van der Waals surface area contributed by atoms with Gasteiger partial charge in [0.1, 0.15) is 0 Å². The number of sulfonamides is 1. The van der Waals surface area contributed by atoms with Gasteiger partial charge in [0.25, 0.3) is 10.0 Å². The lowest BCUT2D eigenvalue weighted by molar-refractivity contribution is -0.120. The van der Waals surface area contributed by atoms with E-state index in [2.05, 4.69) is 25.2 Å². The standard InChI is InChI=1S/C26H27N5O3S2/c1-19-7-12-22(13-8-19)31-36(33,34)23-14-9-20(10-15-23)11-16-24(32)27-17-18-35-26-28-25(29-30-26)21-5-3-2-4-6-21/h2-10,12-15,31H,11,16-18H2,1H3,(H,27,32)(H,28,29,30). The highest BCUT2D eigenvalue weighted by atomic mass is 32.2. The first-order valence-electron chi connectivity index (χ1n) is 11.4. The highest BCUT2D eigenvalue weighted by Gasteiger charge is 2.14. The van der Waals surface area contributed by atoms with E-state index in [4.69, 9.17) is 0 Å². The van der Waals surface area contributed by atoms with E-state index in [0.29, 0.717) is 41.8 Å². The molecule has 10 heteroatoms. The van der Waals surface area contributed by atoms with E-state index < -0.39 is 10.0 Å². The zero-order valence-corrected chi connectivity index (χ0v) is 21.4. The summed E-state index contributed by atoms with van der Waals surface area (Å²) in [7, 11) is -3.67. The number of amides is 1. The summed E-state index contributed by atoms with van der Waals surface area (Å²) in [4.78, 5) is 16.8. The zero-order valence-electron chi connectivity index (χ0n) is 19.8. The lowest BCUT2D eigenvalue weighted by Gasteiger charge is -2.09. The molecule has 1 heterocycles. The van der Waals surface area contributed by atoms with E-state index >= 15 is 0 Å². The molecule has 186 valence electrons. The smallest absolute Gasteiger partial charge is 0.261 e. The van der Waals surface area contributed by atoms with Crippen LogP contribution in [0.5, 0.6) is 0 Å². The van der Waals surface area contributed by atoms with Crippen LogP contribution >= 0.6 is 11.8 Å². The molecule has 0 saturated heterocycles. The van der Waals surface area contributed by atoms with Gasteiger partial charge in [0, 0.05) is 30.0 Å². The Balaban J connectivity index is 1.18.